The second-order valence-electron chi connectivity index (χ2n) is 6.68. The molecule has 0 aliphatic rings. The van der Waals surface area contributed by atoms with E-state index in [9.17, 15) is 9.59 Å². The van der Waals surface area contributed by atoms with Crippen molar-refractivity contribution < 1.29 is 14.3 Å². The molecule has 2 aromatic carbocycles. The van der Waals surface area contributed by atoms with Crippen molar-refractivity contribution in [2.45, 2.75) is 20.0 Å². The van der Waals surface area contributed by atoms with Crippen LogP contribution in [-0.2, 0) is 17.9 Å². The largest absolute Gasteiger partial charge is 0.493 e. The van der Waals surface area contributed by atoms with Crippen LogP contribution in [0.3, 0.4) is 0 Å². The lowest BCUT2D eigenvalue weighted by Gasteiger charge is -2.21. The predicted octanol–water partition coefficient (Wildman–Crippen LogP) is 2.98. The summed E-state index contributed by atoms with van der Waals surface area (Å²) in [7, 11) is 3.12. The predicted molar refractivity (Wildman–Crippen MR) is 115 cm³/mol. The van der Waals surface area contributed by atoms with Gasteiger partial charge in [0.25, 0.3) is 5.56 Å². The van der Waals surface area contributed by atoms with Crippen LogP contribution >= 0.6 is 0 Å². The Labute approximate surface area is 175 Å². The van der Waals surface area contributed by atoms with Gasteiger partial charge in [-0.05, 0) is 36.8 Å². The second kappa shape index (κ2) is 9.73. The van der Waals surface area contributed by atoms with Gasteiger partial charge in [-0.25, -0.2) is 4.68 Å². The fourth-order valence-corrected chi connectivity index (χ4v) is 3.12. The molecule has 0 bridgehead atoms. The minimum Gasteiger partial charge on any atom is -0.493 e. The van der Waals surface area contributed by atoms with Gasteiger partial charge in [-0.3, -0.25) is 9.59 Å². The Kier molecular flexibility index (Phi) is 6.85. The van der Waals surface area contributed by atoms with Gasteiger partial charge in [0.15, 0.2) is 11.5 Å². The van der Waals surface area contributed by atoms with E-state index in [1.54, 1.807) is 37.3 Å². The Bertz CT molecular complexity index is 1060. The molecule has 3 aromatic rings. The Morgan fingerprint density at radius 3 is 2.40 bits per heavy atom. The van der Waals surface area contributed by atoms with Crippen molar-refractivity contribution in [1.29, 1.82) is 0 Å². The maximum absolute atomic E-state index is 12.8. The average Bonchev–Trinajstić information content (AvgIpc) is 2.79. The highest BCUT2D eigenvalue weighted by molar-refractivity contribution is 5.76. The molecule has 0 unspecified atom stereocenters. The molecule has 0 N–H and O–H groups in total. The fourth-order valence-electron chi connectivity index (χ4n) is 3.12. The average molecular weight is 407 g/mol. The number of nitrogens with zero attached hydrogens (tertiary/aromatic N) is 3. The van der Waals surface area contributed by atoms with Crippen LogP contribution in [0, 0.1) is 0 Å². The summed E-state index contributed by atoms with van der Waals surface area (Å²) in [4.78, 5) is 26.8. The van der Waals surface area contributed by atoms with Crippen LogP contribution in [0.2, 0.25) is 0 Å². The van der Waals surface area contributed by atoms with E-state index < -0.39 is 0 Å². The van der Waals surface area contributed by atoms with E-state index in [1.165, 1.54) is 10.7 Å². The lowest BCUT2D eigenvalue weighted by atomic mass is 10.1. The van der Waals surface area contributed by atoms with E-state index in [2.05, 4.69) is 5.10 Å². The van der Waals surface area contributed by atoms with Crippen LogP contribution in [0.4, 0.5) is 0 Å². The van der Waals surface area contributed by atoms with E-state index >= 15 is 0 Å². The molecule has 0 saturated carbocycles. The third-order valence-corrected chi connectivity index (χ3v) is 4.78. The second-order valence-corrected chi connectivity index (χ2v) is 6.68. The molecule has 0 saturated heterocycles. The molecule has 7 nitrogen and oxygen atoms in total. The summed E-state index contributed by atoms with van der Waals surface area (Å²) in [6, 6.07) is 18.2. The van der Waals surface area contributed by atoms with Crippen molar-refractivity contribution >= 4 is 5.91 Å². The molecule has 1 heterocycles. The number of ether oxygens (including phenoxy) is 2. The summed E-state index contributed by atoms with van der Waals surface area (Å²) in [5.41, 5.74) is 2.02. The normalized spacial score (nSPS) is 10.5. The molecular weight excluding hydrogens is 382 g/mol. The van der Waals surface area contributed by atoms with Gasteiger partial charge in [-0.1, -0.05) is 30.3 Å². The van der Waals surface area contributed by atoms with Crippen LogP contribution < -0.4 is 15.0 Å². The summed E-state index contributed by atoms with van der Waals surface area (Å²) >= 11 is 0. The molecule has 1 aromatic heterocycles. The first-order valence-electron chi connectivity index (χ1n) is 9.68. The topological polar surface area (TPSA) is 73.7 Å². The molecule has 30 heavy (non-hydrogen) atoms. The van der Waals surface area contributed by atoms with Gasteiger partial charge >= 0.3 is 0 Å². The minimum atomic E-state index is -0.330. The van der Waals surface area contributed by atoms with Crippen molar-refractivity contribution in [1.82, 2.24) is 14.7 Å². The minimum absolute atomic E-state index is 0.124. The number of hydrogen-bond acceptors (Lipinski definition) is 5. The van der Waals surface area contributed by atoms with Gasteiger partial charge in [-0.2, -0.15) is 5.10 Å². The van der Waals surface area contributed by atoms with Gasteiger partial charge in [-0.15, -0.1) is 0 Å². The molecule has 0 aliphatic carbocycles. The Hall–Kier alpha value is -3.61. The number of amides is 1. The van der Waals surface area contributed by atoms with Crippen molar-refractivity contribution in [3.8, 4) is 22.8 Å². The molecule has 0 fully saturated rings. The zero-order valence-corrected chi connectivity index (χ0v) is 17.4. The van der Waals surface area contributed by atoms with E-state index in [4.69, 9.17) is 9.47 Å². The number of carbonyl (C=O) groups excluding carboxylic acids is 1. The van der Waals surface area contributed by atoms with Crippen LogP contribution in [-0.4, -0.2) is 41.4 Å². The summed E-state index contributed by atoms with van der Waals surface area (Å²) in [6.45, 7) is 2.82. The van der Waals surface area contributed by atoms with Crippen LogP contribution in [0.25, 0.3) is 11.3 Å². The SMILES string of the molecule is CCN(Cc1ccccc1)C(=O)Cn1nc(-c2ccc(OC)c(OC)c2)ccc1=O. The third-order valence-electron chi connectivity index (χ3n) is 4.78. The fraction of sp³-hybridized carbons (Fsp3) is 0.261. The molecular formula is C23H25N3O4. The first-order chi connectivity index (χ1) is 14.5. The van der Waals surface area contributed by atoms with Gasteiger partial charge in [0.1, 0.15) is 6.54 Å². The first-order valence-corrected chi connectivity index (χ1v) is 9.68. The highest BCUT2D eigenvalue weighted by Gasteiger charge is 2.15. The molecule has 1 amide bonds. The summed E-state index contributed by atoms with van der Waals surface area (Å²) in [6.07, 6.45) is 0. The van der Waals surface area contributed by atoms with E-state index in [0.29, 0.717) is 30.3 Å². The molecule has 7 heteroatoms. The molecule has 0 spiro atoms. The zero-order chi connectivity index (χ0) is 21.5. The molecule has 0 radical (unpaired) electrons. The summed E-state index contributed by atoms with van der Waals surface area (Å²) < 4.78 is 11.8. The standard InChI is InChI=1S/C23H25N3O4/c1-4-25(15-17-8-6-5-7-9-17)23(28)16-26-22(27)13-11-19(24-26)18-10-12-20(29-2)21(14-18)30-3/h5-14H,4,15-16H2,1-3H3. The van der Waals surface area contributed by atoms with E-state index in [-0.39, 0.29) is 18.0 Å². The van der Waals surface area contributed by atoms with Gasteiger partial charge in [0.05, 0.1) is 19.9 Å². The Morgan fingerprint density at radius 2 is 1.73 bits per heavy atom. The number of hydrogen-bond donors (Lipinski definition) is 0. The quantitative estimate of drug-likeness (QED) is 0.574. The number of carbonyl (C=O) groups is 1. The van der Waals surface area contributed by atoms with Crippen molar-refractivity contribution in [3.05, 3.63) is 76.6 Å². The Balaban J connectivity index is 1.83. The summed E-state index contributed by atoms with van der Waals surface area (Å²) in [5, 5.41) is 4.40. The maximum atomic E-state index is 12.8. The smallest absolute Gasteiger partial charge is 0.267 e. The third kappa shape index (κ3) is 4.86. The number of rotatable bonds is 8. The number of benzene rings is 2. The Morgan fingerprint density at radius 1 is 1.00 bits per heavy atom. The lowest BCUT2D eigenvalue weighted by molar-refractivity contribution is -0.132. The van der Waals surface area contributed by atoms with E-state index in [0.717, 1.165) is 11.1 Å². The zero-order valence-electron chi connectivity index (χ0n) is 17.4. The highest BCUT2D eigenvalue weighted by Crippen LogP contribution is 2.31. The van der Waals surface area contributed by atoms with Gasteiger partial charge < -0.3 is 14.4 Å². The summed E-state index contributed by atoms with van der Waals surface area (Å²) in [5.74, 6) is 0.996. The van der Waals surface area contributed by atoms with Gasteiger partial charge in [0.2, 0.25) is 5.91 Å². The molecule has 0 aliphatic heterocycles. The molecule has 0 atom stereocenters. The lowest BCUT2D eigenvalue weighted by Crippen LogP contribution is -2.36. The van der Waals surface area contributed by atoms with Crippen LogP contribution in [0.5, 0.6) is 11.5 Å². The number of aromatic nitrogens is 2. The van der Waals surface area contributed by atoms with Crippen LogP contribution in [0.1, 0.15) is 12.5 Å². The molecule has 3 rings (SSSR count). The maximum Gasteiger partial charge on any atom is 0.267 e. The number of methoxy groups -OCH3 is 2. The van der Waals surface area contributed by atoms with Crippen LogP contribution in [0.15, 0.2) is 65.5 Å². The van der Waals surface area contributed by atoms with Crippen molar-refractivity contribution in [2.75, 3.05) is 20.8 Å². The first kappa shape index (κ1) is 21.1. The molecule has 156 valence electrons. The highest BCUT2D eigenvalue weighted by atomic mass is 16.5. The van der Waals surface area contributed by atoms with E-state index in [1.807, 2.05) is 43.3 Å². The monoisotopic (exact) mass is 407 g/mol. The van der Waals surface area contributed by atoms with Gasteiger partial charge in [0, 0.05) is 24.7 Å². The van der Waals surface area contributed by atoms with Crippen molar-refractivity contribution in [2.24, 2.45) is 0 Å². The van der Waals surface area contributed by atoms with Crippen molar-refractivity contribution in [3.63, 3.8) is 0 Å². The number of likely N-dealkylation sites (N-methyl/N-ethyl adjacent to an activating group) is 1.